The highest BCUT2D eigenvalue weighted by Crippen LogP contribution is 2.37. The van der Waals surface area contributed by atoms with E-state index in [0.29, 0.717) is 40.7 Å². The molecule has 0 saturated heterocycles. The summed E-state index contributed by atoms with van der Waals surface area (Å²) in [5, 5.41) is 4.44. The summed E-state index contributed by atoms with van der Waals surface area (Å²) >= 11 is 40.2. The molecule has 0 amide bonds. The molecule has 5 nitrogen and oxygen atoms in total. The Morgan fingerprint density at radius 3 is 2.16 bits per heavy atom. The van der Waals surface area contributed by atoms with Crippen molar-refractivity contribution in [1.82, 2.24) is 0 Å². The van der Waals surface area contributed by atoms with E-state index in [1.165, 1.54) is 6.08 Å². The summed E-state index contributed by atoms with van der Waals surface area (Å²) in [6, 6.07) is 3.24. The molecular formula is C19H22Cl7NO4. The Hall–Kier alpha value is -0.140. The lowest BCUT2D eigenvalue weighted by molar-refractivity contribution is 0.136. The largest absolute Gasteiger partial charge is 0.490 e. The number of unbranched alkanes of at least 4 members (excludes halogenated alkanes) is 3. The smallest absolute Gasteiger partial charge is 0.226 e. The fraction of sp³-hybridized carbons (Fsp3) is 0.526. The summed E-state index contributed by atoms with van der Waals surface area (Å²) in [6.07, 6.45) is 5.10. The second-order valence-corrected chi connectivity index (χ2v) is 10.5. The first-order chi connectivity index (χ1) is 14.6. The predicted molar refractivity (Wildman–Crippen MR) is 131 cm³/mol. The summed E-state index contributed by atoms with van der Waals surface area (Å²) in [7, 11) is 0. The molecule has 1 aromatic carbocycles. The van der Waals surface area contributed by atoms with Gasteiger partial charge in [0.05, 0.1) is 23.3 Å². The van der Waals surface area contributed by atoms with Gasteiger partial charge in [0, 0.05) is 19.1 Å². The Bertz CT molecular complexity index is 711. The van der Waals surface area contributed by atoms with Crippen molar-refractivity contribution in [3.05, 3.63) is 32.7 Å². The van der Waals surface area contributed by atoms with Gasteiger partial charge in [-0.25, -0.2) is 0 Å². The Morgan fingerprint density at radius 1 is 0.968 bits per heavy atom. The van der Waals surface area contributed by atoms with E-state index in [-0.39, 0.29) is 17.7 Å². The molecule has 0 aliphatic rings. The second kappa shape index (κ2) is 15.7. The van der Waals surface area contributed by atoms with Crippen LogP contribution in [-0.4, -0.2) is 36.1 Å². The minimum atomic E-state index is -1.51. The Morgan fingerprint density at radius 2 is 1.58 bits per heavy atom. The molecule has 1 aromatic rings. The van der Waals surface area contributed by atoms with Crippen LogP contribution in [-0.2, 0) is 9.57 Å². The van der Waals surface area contributed by atoms with Gasteiger partial charge < -0.3 is 19.0 Å². The monoisotopic (exact) mass is 573 g/mol. The molecular weight excluding hydrogens is 554 g/mol. The molecule has 0 atom stereocenters. The first kappa shape index (κ1) is 28.9. The van der Waals surface area contributed by atoms with Gasteiger partial charge in [-0.3, -0.25) is 0 Å². The maximum absolute atomic E-state index is 6.23. The van der Waals surface area contributed by atoms with Crippen LogP contribution in [0.2, 0.25) is 10.0 Å². The lowest BCUT2D eigenvalue weighted by Crippen LogP contribution is -2.12. The first-order valence-corrected chi connectivity index (χ1v) is 11.8. The molecule has 0 N–H and O–H groups in total. The molecule has 1 rings (SSSR count). The zero-order chi connectivity index (χ0) is 23.3. The van der Waals surface area contributed by atoms with Crippen LogP contribution in [0.4, 0.5) is 0 Å². The summed E-state index contributed by atoms with van der Waals surface area (Å²) in [6.45, 7) is 2.71. The fourth-order valence-corrected chi connectivity index (χ4v) is 2.98. The molecule has 176 valence electrons. The normalized spacial score (nSPS) is 11.8. The minimum Gasteiger partial charge on any atom is -0.490 e. The van der Waals surface area contributed by atoms with Gasteiger partial charge in [0.2, 0.25) is 9.69 Å². The summed E-state index contributed by atoms with van der Waals surface area (Å²) in [5.41, 5.74) is 0. The number of ether oxygens (including phenoxy) is 3. The topological polar surface area (TPSA) is 49.3 Å². The maximum atomic E-state index is 6.23. The van der Waals surface area contributed by atoms with Crippen LogP contribution in [0.1, 0.15) is 32.6 Å². The van der Waals surface area contributed by atoms with Crippen LogP contribution in [0.25, 0.3) is 0 Å². The minimum absolute atomic E-state index is 0.123. The lowest BCUT2D eigenvalue weighted by Gasteiger charge is -2.12. The van der Waals surface area contributed by atoms with Crippen LogP contribution in [0, 0.1) is 0 Å². The summed E-state index contributed by atoms with van der Waals surface area (Å²) in [5.74, 6) is 1.28. The van der Waals surface area contributed by atoms with E-state index >= 15 is 0 Å². The van der Waals surface area contributed by atoms with E-state index in [1.807, 2.05) is 0 Å². The van der Waals surface area contributed by atoms with E-state index in [1.54, 1.807) is 19.1 Å². The van der Waals surface area contributed by atoms with Gasteiger partial charge in [-0.15, -0.1) is 0 Å². The summed E-state index contributed by atoms with van der Waals surface area (Å²) < 4.78 is 15.2. The zero-order valence-corrected chi connectivity index (χ0v) is 21.9. The highest BCUT2D eigenvalue weighted by molar-refractivity contribution is 6.67. The van der Waals surface area contributed by atoms with E-state index < -0.39 is 3.79 Å². The fourth-order valence-electron chi connectivity index (χ4n) is 2.13. The first-order valence-electron chi connectivity index (χ1n) is 9.20. The third kappa shape index (κ3) is 14.6. The van der Waals surface area contributed by atoms with Gasteiger partial charge in [0.1, 0.15) is 16.8 Å². The standard InChI is InChI=1S/C19H22Cl7NO4/c1-13(27-31-12-19(24,25)26)28-7-4-2-3-5-8-30-18-15(20)10-14(11-16(18)21)29-9-6-17(22)23/h6,10-11H,2-5,7-9,12H2,1H3. The molecule has 0 saturated carbocycles. The van der Waals surface area contributed by atoms with Crippen LogP contribution in [0.5, 0.6) is 11.5 Å². The quantitative estimate of drug-likeness (QED) is 0.0779. The molecule has 0 heterocycles. The molecule has 0 radical (unpaired) electrons. The number of halogens is 7. The van der Waals surface area contributed by atoms with Gasteiger partial charge in [0.25, 0.3) is 0 Å². The number of hydrogen-bond donors (Lipinski definition) is 0. The molecule has 0 unspecified atom stereocenters. The zero-order valence-electron chi connectivity index (χ0n) is 16.6. The Balaban J connectivity index is 2.21. The van der Waals surface area contributed by atoms with Crippen molar-refractivity contribution in [2.24, 2.45) is 5.16 Å². The van der Waals surface area contributed by atoms with E-state index in [2.05, 4.69) is 5.16 Å². The second-order valence-electron chi connectivity index (χ2n) is 6.13. The average molecular weight is 577 g/mol. The van der Waals surface area contributed by atoms with Crippen LogP contribution in [0.15, 0.2) is 27.9 Å². The third-order valence-electron chi connectivity index (χ3n) is 3.48. The number of benzene rings is 1. The van der Waals surface area contributed by atoms with Crippen LogP contribution >= 0.6 is 81.2 Å². The molecule has 0 fully saturated rings. The Labute approximate surface area is 217 Å². The van der Waals surface area contributed by atoms with Gasteiger partial charge >= 0.3 is 0 Å². The molecule has 12 heteroatoms. The van der Waals surface area contributed by atoms with E-state index in [9.17, 15) is 0 Å². The molecule has 0 aliphatic heterocycles. The van der Waals surface area contributed by atoms with E-state index in [0.717, 1.165) is 25.7 Å². The maximum Gasteiger partial charge on any atom is 0.226 e. The molecule has 0 spiro atoms. The Kier molecular flexibility index (Phi) is 14.6. The number of hydrogen-bond acceptors (Lipinski definition) is 5. The number of nitrogens with zero attached hydrogens (tertiary/aromatic N) is 1. The van der Waals surface area contributed by atoms with Crippen molar-refractivity contribution >= 4 is 87.1 Å². The van der Waals surface area contributed by atoms with Gasteiger partial charge in [-0.2, -0.15) is 0 Å². The van der Waals surface area contributed by atoms with Gasteiger partial charge in [0.15, 0.2) is 12.4 Å². The highest BCUT2D eigenvalue weighted by atomic mass is 35.6. The van der Waals surface area contributed by atoms with Crippen LogP contribution in [0.3, 0.4) is 0 Å². The van der Waals surface area contributed by atoms with Crippen molar-refractivity contribution in [3.63, 3.8) is 0 Å². The number of oxime groups is 1. The summed E-state index contributed by atoms with van der Waals surface area (Å²) in [4.78, 5) is 4.88. The highest BCUT2D eigenvalue weighted by Gasteiger charge is 2.20. The SMILES string of the molecule is CC(=NOCC(Cl)(Cl)Cl)OCCCCCCOc1c(Cl)cc(OCC=C(Cl)Cl)cc1Cl. The lowest BCUT2D eigenvalue weighted by atomic mass is 10.2. The van der Waals surface area contributed by atoms with E-state index in [4.69, 9.17) is 100 Å². The van der Waals surface area contributed by atoms with Crippen molar-refractivity contribution in [2.75, 3.05) is 26.4 Å². The molecule has 31 heavy (non-hydrogen) atoms. The van der Waals surface area contributed by atoms with Crippen molar-refractivity contribution in [2.45, 2.75) is 36.4 Å². The number of rotatable bonds is 13. The predicted octanol–water partition coefficient (Wildman–Crippen LogP) is 8.37. The molecule has 0 aliphatic carbocycles. The van der Waals surface area contributed by atoms with Crippen LogP contribution < -0.4 is 9.47 Å². The average Bonchev–Trinajstić information content (AvgIpc) is 2.64. The van der Waals surface area contributed by atoms with Crippen molar-refractivity contribution in [1.29, 1.82) is 0 Å². The number of alkyl halides is 3. The van der Waals surface area contributed by atoms with Gasteiger partial charge in [-0.1, -0.05) is 86.4 Å². The third-order valence-corrected chi connectivity index (χ3v) is 4.67. The molecule has 0 aromatic heterocycles. The van der Waals surface area contributed by atoms with Crippen molar-refractivity contribution < 1.29 is 19.0 Å². The molecule has 0 bridgehead atoms. The van der Waals surface area contributed by atoms with Gasteiger partial charge in [-0.05, 0) is 31.8 Å². The van der Waals surface area contributed by atoms with Crippen molar-refractivity contribution in [3.8, 4) is 11.5 Å².